The maximum atomic E-state index is 12.6. The van der Waals surface area contributed by atoms with Crippen molar-refractivity contribution in [1.29, 1.82) is 0 Å². The van der Waals surface area contributed by atoms with Gasteiger partial charge in [-0.2, -0.15) is 0 Å². The molecule has 0 radical (unpaired) electrons. The Morgan fingerprint density at radius 3 is 2.70 bits per heavy atom. The lowest BCUT2D eigenvalue weighted by Crippen LogP contribution is -2.34. The third-order valence-corrected chi connectivity index (χ3v) is 5.27. The highest BCUT2D eigenvalue weighted by atomic mass is 32.1. The molecular formula is C18H20N2O2S. The average Bonchev–Trinajstić information content (AvgIpc) is 3.16. The van der Waals surface area contributed by atoms with Gasteiger partial charge in [-0.15, -0.1) is 11.3 Å². The smallest absolute Gasteiger partial charge is 0.261 e. The SMILES string of the molecule is Cc1c(C(=O)NCC(c2ccco2)N(C)C)sc2ccccc12. The highest BCUT2D eigenvalue weighted by Crippen LogP contribution is 2.30. The molecule has 0 fully saturated rings. The Labute approximate surface area is 139 Å². The first-order valence-electron chi connectivity index (χ1n) is 7.54. The minimum Gasteiger partial charge on any atom is -0.468 e. The predicted molar refractivity (Wildman–Crippen MR) is 94.0 cm³/mol. The molecule has 1 N–H and O–H groups in total. The minimum absolute atomic E-state index is 0.0173. The lowest BCUT2D eigenvalue weighted by molar-refractivity contribution is 0.0942. The summed E-state index contributed by atoms with van der Waals surface area (Å²) in [4.78, 5) is 15.4. The summed E-state index contributed by atoms with van der Waals surface area (Å²) in [6, 6.07) is 11.9. The van der Waals surface area contributed by atoms with Crippen molar-refractivity contribution >= 4 is 27.3 Å². The number of furan rings is 1. The molecule has 3 rings (SSSR count). The summed E-state index contributed by atoms with van der Waals surface area (Å²) in [6.45, 7) is 2.51. The van der Waals surface area contributed by atoms with E-state index >= 15 is 0 Å². The van der Waals surface area contributed by atoms with Gasteiger partial charge in [-0.1, -0.05) is 18.2 Å². The lowest BCUT2D eigenvalue weighted by Gasteiger charge is -2.22. The molecule has 0 spiro atoms. The molecule has 1 aromatic carbocycles. The summed E-state index contributed by atoms with van der Waals surface area (Å²) in [5.41, 5.74) is 1.04. The Balaban J connectivity index is 1.76. The highest BCUT2D eigenvalue weighted by molar-refractivity contribution is 7.21. The first-order valence-corrected chi connectivity index (χ1v) is 8.35. The number of amides is 1. The first-order chi connectivity index (χ1) is 11.1. The zero-order valence-corrected chi connectivity index (χ0v) is 14.3. The Hall–Kier alpha value is -2.11. The number of carbonyl (C=O) groups excluding carboxylic acids is 1. The molecule has 0 aliphatic heterocycles. The number of likely N-dealkylation sites (N-methyl/N-ethyl adjacent to an activating group) is 1. The zero-order chi connectivity index (χ0) is 16.4. The van der Waals surface area contributed by atoms with E-state index in [1.807, 2.05) is 50.2 Å². The van der Waals surface area contributed by atoms with Crippen molar-refractivity contribution in [3.8, 4) is 0 Å². The van der Waals surface area contributed by atoms with Crippen LogP contribution in [0.3, 0.4) is 0 Å². The van der Waals surface area contributed by atoms with E-state index in [9.17, 15) is 4.79 Å². The monoisotopic (exact) mass is 328 g/mol. The molecule has 0 aliphatic rings. The van der Waals surface area contributed by atoms with E-state index in [1.165, 1.54) is 0 Å². The number of carbonyl (C=O) groups is 1. The largest absolute Gasteiger partial charge is 0.468 e. The molecule has 5 heteroatoms. The molecule has 2 heterocycles. The number of fused-ring (bicyclic) bond motifs is 1. The fraction of sp³-hybridized carbons (Fsp3) is 0.278. The van der Waals surface area contributed by atoms with Gasteiger partial charge in [0.25, 0.3) is 5.91 Å². The summed E-state index contributed by atoms with van der Waals surface area (Å²) < 4.78 is 6.62. The maximum Gasteiger partial charge on any atom is 0.261 e. The summed E-state index contributed by atoms with van der Waals surface area (Å²) in [5.74, 6) is 0.825. The number of thiophene rings is 1. The van der Waals surface area contributed by atoms with Gasteiger partial charge in [0.05, 0.1) is 17.2 Å². The molecule has 3 aromatic rings. The number of nitrogens with zero attached hydrogens (tertiary/aromatic N) is 1. The summed E-state index contributed by atoms with van der Waals surface area (Å²) in [5, 5.41) is 4.19. The van der Waals surface area contributed by atoms with Crippen LogP contribution in [0.4, 0.5) is 0 Å². The average molecular weight is 328 g/mol. The van der Waals surface area contributed by atoms with E-state index in [0.717, 1.165) is 26.3 Å². The topological polar surface area (TPSA) is 45.5 Å². The second kappa shape index (κ2) is 6.56. The van der Waals surface area contributed by atoms with Crippen LogP contribution in [-0.2, 0) is 0 Å². The molecule has 4 nitrogen and oxygen atoms in total. The predicted octanol–water partition coefficient (Wildman–Crippen LogP) is 3.84. The van der Waals surface area contributed by atoms with Gasteiger partial charge in [0, 0.05) is 11.2 Å². The van der Waals surface area contributed by atoms with Gasteiger partial charge in [0.1, 0.15) is 5.76 Å². The molecule has 1 unspecified atom stereocenters. The second-order valence-electron chi connectivity index (χ2n) is 5.76. The molecule has 0 saturated heterocycles. The van der Waals surface area contributed by atoms with Crippen LogP contribution in [0.5, 0.6) is 0 Å². The van der Waals surface area contributed by atoms with Gasteiger partial charge < -0.3 is 9.73 Å². The third-order valence-electron chi connectivity index (χ3n) is 4.00. The lowest BCUT2D eigenvalue weighted by atomic mass is 10.1. The zero-order valence-electron chi connectivity index (χ0n) is 13.5. The van der Waals surface area contributed by atoms with Crippen molar-refractivity contribution in [3.63, 3.8) is 0 Å². The van der Waals surface area contributed by atoms with Crippen LogP contribution in [0.15, 0.2) is 47.1 Å². The van der Waals surface area contributed by atoms with Gasteiger partial charge in [0.2, 0.25) is 0 Å². The highest BCUT2D eigenvalue weighted by Gasteiger charge is 2.20. The van der Waals surface area contributed by atoms with Crippen molar-refractivity contribution < 1.29 is 9.21 Å². The summed E-state index contributed by atoms with van der Waals surface area (Å²) >= 11 is 1.54. The van der Waals surface area contributed by atoms with Crippen LogP contribution in [0, 0.1) is 6.92 Å². The number of nitrogens with one attached hydrogen (secondary N) is 1. The summed E-state index contributed by atoms with van der Waals surface area (Å²) in [7, 11) is 3.95. The number of aryl methyl sites for hydroxylation is 1. The van der Waals surface area contributed by atoms with E-state index in [4.69, 9.17) is 4.42 Å². The number of hydrogen-bond donors (Lipinski definition) is 1. The quantitative estimate of drug-likeness (QED) is 0.774. The minimum atomic E-state index is -0.0258. The van der Waals surface area contributed by atoms with Crippen LogP contribution >= 0.6 is 11.3 Å². The maximum absolute atomic E-state index is 12.6. The molecule has 0 aliphatic carbocycles. The van der Waals surface area contributed by atoms with Gasteiger partial charge in [-0.3, -0.25) is 9.69 Å². The third kappa shape index (κ3) is 3.16. The van der Waals surface area contributed by atoms with Crippen molar-refractivity contribution in [1.82, 2.24) is 10.2 Å². The van der Waals surface area contributed by atoms with Crippen LogP contribution in [0.1, 0.15) is 27.0 Å². The Morgan fingerprint density at radius 1 is 1.26 bits per heavy atom. The molecule has 120 valence electrons. The molecule has 1 amide bonds. The van der Waals surface area contributed by atoms with E-state index in [0.29, 0.717) is 6.54 Å². The first kappa shape index (κ1) is 15.8. The standard InChI is InChI=1S/C18H20N2O2S/c1-12-13-7-4-5-9-16(13)23-17(12)18(21)19-11-14(20(2)3)15-8-6-10-22-15/h4-10,14H,11H2,1-3H3,(H,19,21). The van der Waals surface area contributed by atoms with Gasteiger partial charge in [0.15, 0.2) is 0 Å². The van der Waals surface area contributed by atoms with Crippen molar-refractivity contribution in [2.45, 2.75) is 13.0 Å². The second-order valence-corrected chi connectivity index (χ2v) is 6.81. The fourth-order valence-electron chi connectivity index (χ4n) is 2.68. The van der Waals surface area contributed by atoms with Crippen LogP contribution in [0.25, 0.3) is 10.1 Å². The van der Waals surface area contributed by atoms with E-state index in [2.05, 4.69) is 17.4 Å². The summed E-state index contributed by atoms with van der Waals surface area (Å²) in [6.07, 6.45) is 1.66. The molecule has 2 aromatic heterocycles. The van der Waals surface area contributed by atoms with Crippen LogP contribution in [0.2, 0.25) is 0 Å². The van der Waals surface area contributed by atoms with E-state index in [1.54, 1.807) is 17.6 Å². The Bertz CT molecular complexity index is 806. The molecule has 0 saturated carbocycles. The van der Waals surface area contributed by atoms with Crippen LogP contribution < -0.4 is 5.32 Å². The van der Waals surface area contributed by atoms with E-state index < -0.39 is 0 Å². The normalized spacial score (nSPS) is 12.7. The van der Waals surface area contributed by atoms with Crippen LogP contribution in [-0.4, -0.2) is 31.4 Å². The number of rotatable bonds is 5. The molecule has 23 heavy (non-hydrogen) atoms. The van der Waals surface area contributed by atoms with Gasteiger partial charge >= 0.3 is 0 Å². The number of benzene rings is 1. The number of hydrogen-bond acceptors (Lipinski definition) is 4. The molecule has 1 atom stereocenters. The van der Waals surface area contributed by atoms with Gasteiger partial charge in [-0.05, 0) is 50.2 Å². The molecular weight excluding hydrogens is 308 g/mol. The van der Waals surface area contributed by atoms with Gasteiger partial charge in [-0.25, -0.2) is 0 Å². The fourth-order valence-corrected chi connectivity index (χ4v) is 3.80. The Morgan fingerprint density at radius 2 is 2.04 bits per heavy atom. The Kier molecular flexibility index (Phi) is 4.50. The van der Waals surface area contributed by atoms with E-state index in [-0.39, 0.29) is 11.9 Å². The van der Waals surface area contributed by atoms with Crippen molar-refractivity contribution in [2.75, 3.05) is 20.6 Å². The van der Waals surface area contributed by atoms with Crippen molar-refractivity contribution in [3.05, 3.63) is 58.9 Å². The molecule has 0 bridgehead atoms. The van der Waals surface area contributed by atoms with Crippen molar-refractivity contribution in [2.24, 2.45) is 0 Å².